The topological polar surface area (TPSA) is 228 Å². The normalized spacial score (nSPS) is 33.6. The van der Waals surface area contributed by atoms with E-state index < -0.39 is 123 Å². The van der Waals surface area contributed by atoms with Crippen molar-refractivity contribution in [1.82, 2.24) is 10.6 Å². The Bertz CT molecular complexity index is 2170. The molecule has 358 valence electrons. The summed E-state index contributed by atoms with van der Waals surface area (Å²) in [5.74, 6) is -8.54. The standard InChI is InChI=1S/C49H62N2O15/c1-27-32(62-43(58)38(63-42(57)30-19-21-50-22-20-30)36(29-15-11-9-12-16-29)51-44(59)66-45(3,4)5)24-49(65-31-17-13-10-14-18-31)41(61-26-52)39-47(8,40(56)37(55)35(27)46(49,6)7)33(54)23-34-48(39,25-60-34)64-28(2)53/h9-18,26-27,30,32-36,38-39,41,50,54H,19-25H2,1-8H3,(H,51,59). The van der Waals surface area contributed by atoms with Crippen molar-refractivity contribution < 1.29 is 71.8 Å². The van der Waals surface area contributed by atoms with Crippen LogP contribution in [0.5, 0.6) is 5.75 Å². The lowest BCUT2D eigenvalue weighted by atomic mass is 9.42. The van der Waals surface area contributed by atoms with E-state index in [2.05, 4.69) is 10.6 Å². The molecule has 5 aliphatic rings. The molecule has 3 N–H and O–H groups in total. The first-order valence-electron chi connectivity index (χ1n) is 22.7. The molecule has 2 saturated heterocycles. The van der Waals surface area contributed by atoms with Crippen LogP contribution in [0.3, 0.4) is 0 Å². The monoisotopic (exact) mass is 918 g/mol. The van der Waals surface area contributed by atoms with E-state index in [-0.39, 0.29) is 31.7 Å². The summed E-state index contributed by atoms with van der Waals surface area (Å²) < 4.78 is 43.5. The van der Waals surface area contributed by atoms with E-state index in [0.29, 0.717) is 31.5 Å². The number of para-hydroxylation sites is 1. The number of Topliss-reactive ketones (excluding diaryl/α,β-unsaturated/α-hetero) is 2. The smallest absolute Gasteiger partial charge is 0.408 e. The summed E-state index contributed by atoms with van der Waals surface area (Å²) in [6.45, 7) is 13.7. The van der Waals surface area contributed by atoms with Gasteiger partial charge < -0.3 is 48.9 Å². The van der Waals surface area contributed by atoms with Gasteiger partial charge >= 0.3 is 24.0 Å². The molecule has 5 fully saturated rings. The van der Waals surface area contributed by atoms with E-state index >= 15 is 14.4 Å². The fourth-order valence-electron chi connectivity index (χ4n) is 11.5. The fourth-order valence-corrected chi connectivity index (χ4v) is 11.5. The molecule has 2 bridgehead atoms. The maximum atomic E-state index is 15.3. The van der Waals surface area contributed by atoms with Crippen molar-refractivity contribution in [2.75, 3.05) is 19.7 Å². The number of alkyl carbamates (subject to hydrolysis) is 1. The predicted octanol–water partition coefficient (Wildman–Crippen LogP) is 4.36. The van der Waals surface area contributed by atoms with Crippen LogP contribution in [0.4, 0.5) is 4.79 Å². The van der Waals surface area contributed by atoms with Crippen LogP contribution >= 0.6 is 0 Å². The summed E-state index contributed by atoms with van der Waals surface area (Å²) in [6.07, 6.45) is -7.82. The number of ether oxygens (including phenoxy) is 7. The van der Waals surface area contributed by atoms with Crippen LogP contribution in [0.15, 0.2) is 60.7 Å². The van der Waals surface area contributed by atoms with Gasteiger partial charge in [0.2, 0.25) is 17.7 Å². The minimum absolute atomic E-state index is 0.180. The molecular formula is C49H62N2O15. The van der Waals surface area contributed by atoms with E-state index in [4.69, 9.17) is 33.2 Å². The molecule has 12 unspecified atom stereocenters. The van der Waals surface area contributed by atoms with Crippen LogP contribution in [0.1, 0.15) is 92.7 Å². The number of amides is 1. The average Bonchev–Trinajstić information content (AvgIpc) is 3.26. The second-order valence-electron chi connectivity index (χ2n) is 20.2. The van der Waals surface area contributed by atoms with Crippen molar-refractivity contribution in [1.29, 1.82) is 0 Å². The molecule has 66 heavy (non-hydrogen) atoms. The number of esters is 3. The largest absolute Gasteiger partial charge is 0.483 e. The van der Waals surface area contributed by atoms with Crippen molar-refractivity contribution in [3.05, 3.63) is 66.2 Å². The lowest BCUT2D eigenvalue weighted by Gasteiger charge is -2.68. The second-order valence-corrected chi connectivity index (χ2v) is 20.2. The molecule has 0 spiro atoms. The number of carbonyl (C=O) groups is 7. The van der Waals surface area contributed by atoms with E-state index in [1.807, 2.05) is 0 Å². The van der Waals surface area contributed by atoms with Crippen molar-refractivity contribution in [3.63, 3.8) is 0 Å². The molecule has 3 aliphatic carbocycles. The highest BCUT2D eigenvalue weighted by Gasteiger charge is 2.80. The number of piperidine rings is 1. The third kappa shape index (κ3) is 8.58. The zero-order chi connectivity index (χ0) is 48.0. The van der Waals surface area contributed by atoms with E-state index in [1.54, 1.807) is 102 Å². The molecule has 2 aliphatic heterocycles. The Morgan fingerprint density at radius 1 is 0.970 bits per heavy atom. The first kappa shape index (κ1) is 48.5. The number of rotatable bonds is 12. The molecule has 17 nitrogen and oxygen atoms in total. The third-order valence-corrected chi connectivity index (χ3v) is 14.7. The van der Waals surface area contributed by atoms with Gasteiger partial charge in [-0.3, -0.25) is 24.0 Å². The van der Waals surface area contributed by atoms with Gasteiger partial charge in [-0.15, -0.1) is 0 Å². The number of carbonyl (C=O) groups excluding carboxylic acids is 7. The van der Waals surface area contributed by atoms with E-state index in [1.165, 1.54) is 13.8 Å². The average molecular weight is 919 g/mol. The van der Waals surface area contributed by atoms with Crippen LogP contribution in [0.2, 0.25) is 0 Å². The summed E-state index contributed by atoms with van der Waals surface area (Å²) in [6, 6.07) is 15.5. The number of nitrogens with one attached hydrogen (secondary N) is 2. The molecule has 17 heteroatoms. The molecule has 2 heterocycles. The minimum atomic E-state index is -2.02. The van der Waals surface area contributed by atoms with Gasteiger partial charge in [-0.25, -0.2) is 9.59 Å². The Morgan fingerprint density at radius 2 is 1.61 bits per heavy atom. The highest BCUT2D eigenvalue weighted by molar-refractivity contribution is 6.40. The Labute approximate surface area is 384 Å². The molecular weight excluding hydrogens is 857 g/mol. The summed E-state index contributed by atoms with van der Waals surface area (Å²) in [5, 5.41) is 17.9. The van der Waals surface area contributed by atoms with Gasteiger partial charge in [-0.05, 0) is 71.3 Å². The first-order chi connectivity index (χ1) is 31.1. The number of fused-ring (bicyclic) bond motifs is 5. The molecule has 0 aromatic heterocycles. The van der Waals surface area contributed by atoms with Crippen LogP contribution in [-0.4, -0.2) is 114 Å². The van der Waals surface area contributed by atoms with Gasteiger partial charge in [0.25, 0.3) is 6.47 Å². The molecule has 0 radical (unpaired) electrons. The maximum Gasteiger partial charge on any atom is 0.408 e. The lowest BCUT2D eigenvalue weighted by Crippen LogP contribution is -2.83. The minimum Gasteiger partial charge on any atom is -0.483 e. The van der Waals surface area contributed by atoms with Gasteiger partial charge in [0.15, 0.2) is 11.2 Å². The molecule has 2 aromatic carbocycles. The zero-order valence-electron chi connectivity index (χ0n) is 38.7. The highest BCUT2D eigenvalue weighted by atomic mass is 16.6. The Hall–Kier alpha value is -5.39. The Balaban J connectivity index is 1.39. The summed E-state index contributed by atoms with van der Waals surface area (Å²) >= 11 is 0. The highest BCUT2D eigenvalue weighted by Crippen LogP contribution is 2.65. The number of hydrogen-bond donors (Lipinski definition) is 3. The fraction of sp³-hybridized carbons (Fsp3) is 0.612. The van der Waals surface area contributed by atoms with Gasteiger partial charge in [0.05, 0.1) is 30.0 Å². The summed E-state index contributed by atoms with van der Waals surface area (Å²) in [7, 11) is 0. The van der Waals surface area contributed by atoms with Crippen molar-refractivity contribution in [2.45, 2.75) is 134 Å². The second kappa shape index (κ2) is 18.4. The molecule has 1 amide bonds. The first-order valence-corrected chi connectivity index (χ1v) is 22.7. The SMILES string of the molecule is CC(=O)OC12COC1CC(O)C1(C)C(=O)C(=O)C3C(C)C(OC(=O)C(OC(=O)C4CCNCC4)C(NC(=O)OC(C)(C)C)c4ccccc4)CC(Oc4ccccc4)(C(OC=O)C21)C3(C)C. The molecule has 12 atom stereocenters. The number of aliphatic hydroxyl groups is 1. The predicted molar refractivity (Wildman–Crippen MR) is 232 cm³/mol. The van der Waals surface area contributed by atoms with E-state index in [0.717, 1.165) is 0 Å². The summed E-state index contributed by atoms with van der Waals surface area (Å²) in [4.78, 5) is 99.3. The number of hydrogen-bond acceptors (Lipinski definition) is 16. The Morgan fingerprint density at radius 3 is 2.18 bits per heavy atom. The van der Waals surface area contributed by atoms with Gasteiger partial charge in [0.1, 0.15) is 35.7 Å². The van der Waals surface area contributed by atoms with Crippen LogP contribution in [0, 0.1) is 34.5 Å². The lowest BCUT2D eigenvalue weighted by molar-refractivity contribution is -0.348. The number of benzene rings is 2. The van der Waals surface area contributed by atoms with Crippen molar-refractivity contribution in [3.8, 4) is 5.75 Å². The van der Waals surface area contributed by atoms with E-state index in [9.17, 15) is 24.3 Å². The quantitative estimate of drug-likeness (QED) is 0.116. The maximum absolute atomic E-state index is 15.3. The van der Waals surface area contributed by atoms with Gasteiger partial charge in [-0.2, -0.15) is 0 Å². The molecule has 2 aromatic rings. The zero-order valence-corrected chi connectivity index (χ0v) is 38.7. The van der Waals surface area contributed by atoms with Crippen LogP contribution in [-0.2, 0) is 57.2 Å². The van der Waals surface area contributed by atoms with Crippen molar-refractivity contribution in [2.24, 2.45) is 34.5 Å². The van der Waals surface area contributed by atoms with Gasteiger partial charge in [-0.1, -0.05) is 69.3 Å². The van der Waals surface area contributed by atoms with Gasteiger partial charge in [0, 0.05) is 37.0 Å². The van der Waals surface area contributed by atoms with Crippen LogP contribution in [0.25, 0.3) is 0 Å². The number of ketones is 2. The third-order valence-electron chi connectivity index (χ3n) is 14.7. The Kier molecular flexibility index (Phi) is 13.5. The summed E-state index contributed by atoms with van der Waals surface area (Å²) in [5.41, 5.74) is -7.67. The van der Waals surface area contributed by atoms with Crippen molar-refractivity contribution >= 4 is 42.0 Å². The molecule has 3 saturated carbocycles. The molecule has 7 rings (SSSR count). The van der Waals surface area contributed by atoms with Crippen LogP contribution < -0.4 is 15.4 Å². The number of aliphatic hydroxyl groups excluding tert-OH is 1.